The number of aromatic nitrogens is 3. The van der Waals surface area contributed by atoms with Gasteiger partial charge in [-0.05, 0) is 31.4 Å². The van der Waals surface area contributed by atoms with E-state index in [2.05, 4.69) is 21.5 Å². The summed E-state index contributed by atoms with van der Waals surface area (Å²) in [6.07, 6.45) is 2.28. The van der Waals surface area contributed by atoms with Gasteiger partial charge in [0.15, 0.2) is 10.8 Å². The van der Waals surface area contributed by atoms with Crippen LogP contribution in [0.4, 0.5) is 0 Å². The van der Waals surface area contributed by atoms with Crippen LogP contribution in [-0.2, 0) is 4.79 Å². The van der Waals surface area contributed by atoms with Gasteiger partial charge in [0.2, 0.25) is 0 Å². The third-order valence-electron chi connectivity index (χ3n) is 3.71. The van der Waals surface area contributed by atoms with Gasteiger partial charge < -0.3 is 9.67 Å². The van der Waals surface area contributed by atoms with Crippen molar-refractivity contribution in [3.8, 4) is 0 Å². The molecule has 2 aromatic rings. The number of aryl methyl sites for hydroxylation is 1. The summed E-state index contributed by atoms with van der Waals surface area (Å²) in [6.45, 7) is 4.15. The van der Waals surface area contributed by atoms with E-state index in [4.69, 9.17) is 5.11 Å². The maximum Gasteiger partial charge on any atom is 0.313 e. The topological polar surface area (TPSA) is 68.0 Å². The second-order valence-corrected chi connectivity index (χ2v) is 6.16. The zero-order chi connectivity index (χ0) is 14.3. The number of fused-ring (bicyclic) bond motifs is 1. The van der Waals surface area contributed by atoms with E-state index < -0.39 is 5.97 Å². The van der Waals surface area contributed by atoms with E-state index in [0.29, 0.717) is 12.0 Å². The Morgan fingerprint density at radius 2 is 2.30 bits per heavy atom. The van der Waals surface area contributed by atoms with Gasteiger partial charge >= 0.3 is 5.97 Å². The summed E-state index contributed by atoms with van der Waals surface area (Å²) < 4.78 is 2.14. The quantitative estimate of drug-likeness (QED) is 0.858. The van der Waals surface area contributed by atoms with Crippen molar-refractivity contribution in [2.24, 2.45) is 5.92 Å². The number of aliphatic carboxylic acids is 1. The van der Waals surface area contributed by atoms with Crippen LogP contribution in [0.1, 0.15) is 31.5 Å². The molecule has 1 aliphatic rings. The van der Waals surface area contributed by atoms with Crippen LogP contribution in [0.25, 0.3) is 11.2 Å². The predicted molar refractivity (Wildman–Crippen MR) is 78.1 cm³/mol. The molecule has 0 spiro atoms. The van der Waals surface area contributed by atoms with Gasteiger partial charge in [-0.15, -0.1) is 0 Å². The minimum absolute atomic E-state index is 0.0335. The molecule has 1 N–H and O–H groups in total. The fourth-order valence-electron chi connectivity index (χ4n) is 2.56. The lowest BCUT2D eigenvalue weighted by molar-refractivity contribution is -0.133. The summed E-state index contributed by atoms with van der Waals surface area (Å²) in [5.41, 5.74) is 2.70. The summed E-state index contributed by atoms with van der Waals surface area (Å²) in [7, 11) is 0. The number of rotatable bonds is 5. The Labute approximate surface area is 121 Å². The van der Waals surface area contributed by atoms with Gasteiger partial charge in [0.05, 0.1) is 5.75 Å². The zero-order valence-corrected chi connectivity index (χ0v) is 12.4. The highest BCUT2D eigenvalue weighted by Gasteiger charge is 2.39. The van der Waals surface area contributed by atoms with Crippen LogP contribution in [-0.4, -0.2) is 31.4 Å². The molecule has 2 atom stereocenters. The maximum absolute atomic E-state index is 10.8. The third-order valence-corrected chi connectivity index (χ3v) is 4.65. The van der Waals surface area contributed by atoms with Crippen LogP contribution in [0.5, 0.6) is 0 Å². The number of imidazole rings is 1. The minimum Gasteiger partial charge on any atom is -0.481 e. The number of hydrogen-bond acceptors (Lipinski definition) is 4. The Bertz CT molecular complexity index is 668. The largest absolute Gasteiger partial charge is 0.481 e. The maximum atomic E-state index is 10.8. The van der Waals surface area contributed by atoms with Crippen molar-refractivity contribution in [2.45, 2.75) is 37.9 Å². The SMILES string of the molecule is CCC1CC1n1c(SCC(=O)O)nc2ccc(C)nc21. The van der Waals surface area contributed by atoms with Crippen LogP contribution in [0.15, 0.2) is 17.3 Å². The Hall–Kier alpha value is -1.56. The first kappa shape index (κ1) is 13.4. The lowest BCUT2D eigenvalue weighted by Gasteiger charge is -2.07. The number of carboxylic acid groups (broad SMARTS) is 1. The van der Waals surface area contributed by atoms with Crippen LogP contribution in [0, 0.1) is 12.8 Å². The second kappa shape index (κ2) is 5.09. The first-order chi connectivity index (χ1) is 9.60. The molecule has 0 bridgehead atoms. The van der Waals surface area contributed by atoms with E-state index in [1.165, 1.54) is 11.8 Å². The third kappa shape index (κ3) is 2.40. The van der Waals surface area contributed by atoms with E-state index in [-0.39, 0.29) is 5.75 Å². The number of hydrogen-bond donors (Lipinski definition) is 1. The number of carboxylic acids is 1. The van der Waals surface area contributed by atoms with Crippen molar-refractivity contribution in [1.29, 1.82) is 0 Å². The first-order valence-electron chi connectivity index (χ1n) is 6.80. The predicted octanol–water partition coefficient (Wildman–Crippen LogP) is 2.89. The number of nitrogens with zero attached hydrogens (tertiary/aromatic N) is 3. The lowest BCUT2D eigenvalue weighted by Crippen LogP contribution is -2.03. The van der Waals surface area contributed by atoms with Gasteiger partial charge in [0, 0.05) is 11.7 Å². The summed E-state index contributed by atoms with van der Waals surface area (Å²) in [4.78, 5) is 19.9. The fourth-order valence-corrected chi connectivity index (χ4v) is 3.34. The van der Waals surface area contributed by atoms with Crippen molar-refractivity contribution in [3.63, 3.8) is 0 Å². The summed E-state index contributed by atoms with van der Waals surface area (Å²) >= 11 is 1.28. The van der Waals surface area contributed by atoms with Gasteiger partial charge in [-0.25, -0.2) is 9.97 Å². The molecule has 3 rings (SSSR count). The van der Waals surface area contributed by atoms with Crippen LogP contribution in [0.3, 0.4) is 0 Å². The van der Waals surface area contributed by atoms with E-state index in [1.54, 1.807) is 0 Å². The first-order valence-corrected chi connectivity index (χ1v) is 7.79. The van der Waals surface area contributed by atoms with Crippen molar-refractivity contribution in [3.05, 3.63) is 17.8 Å². The second-order valence-electron chi connectivity index (χ2n) is 5.21. The monoisotopic (exact) mass is 291 g/mol. The minimum atomic E-state index is -0.819. The summed E-state index contributed by atoms with van der Waals surface area (Å²) in [6, 6.07) is 4.33. The normalized spacial score (nSPS) is 21.3. The smallest absolute Gasteiger partial charge is 0.313 e. The lowest BCUT2D eigenvalue weighted by atomic mass is 10.3. The zero-order valence-electron chi connectivity index (χ0n) is 11.5. The molecule has 2 unspecified atom stereocenters. The molecule has 1 fully saturated rings. The molecule has 1 aliphatic carbocycles. The molecule has 0 radical (unpaired) electrons. The molecule has 0 aliphatic heterocycles. The molecule has 1 saturated carbocycles. The van der Waals surface area contributed by atoms with Crippen LogP contribution in [0.2, 0.25) is 0 Å². The Morgan fingerprint density at radius 1 is 1.50 bits per heavy atom. The molecule has 2 heterocycles. The van der Waals surface area contributed by atoms with Gasteiger partial charge in [-0.1, -0.05) is 25.1 Å². The summed E-state index contributed by atoms with van der Waals surface area (Å²) in [5, 5.41) is 9.64. The highest BCUT2D eigenvalue weighted by atomic mass is 32.2. The van der Waals surface area contributed by atoms with Crippen LogP contribution < -0.4 is 0 Å². The van der Waals surface area contributed by atoms with Crippen molar-refractivity contribution in [1.82, 2.24) is 14.5 Å². The molecule has 0 aromatic carbocycles. The van der Waals surface area contributed by atoms with E-state index >= 15 is 0 Å². The Kier molecular flexibility index (Phi) is 3.41. The van der Waals surface area contributed by atoms with E-state index in [0.717, 1.165) is 34.9 Å². The van der Waals surface area contributed by atoms with Crippen molar-refractivity contribution >= 4 is 28.9 Å². The number of carbonyl (C=O) groups is 1. The molecule has 2 aromatic heterocycles. The summed E-state index contributed by atoms with van der Waals surface area (Å²) in [5.74, 6) is -0.120. The molecule has 20 heavy (non-hydrogen) atoms. The van der Waals surface area contributed by atoms with Gasteiger partial charge in [-0.2, -0.15) is 0 Å². The molecule has 5 nitrogen and oxygen atoms in total. The molecule has 0 amide bonds. The molecule has 0 saturated heterocycles. The fraction of sp³-hybridized carbons (Fsp3) is 0.500. The highest BCUT2D eigenvalue weighted by Crippen LogP contribution is 2.48. The van der Waals surface area contributed by atoms with Crippen molar-refractivity contribution < 1.29 is 9.90 Å². The van der Waals surface area contributed by atoms with E-state index in [9.17, 15) is 4.79 Å². The standard InChI is InChI=1S/C14H17N3O2S/c1-3-9-6-11(9)17-13-10(5-4-8(2)15-13)16-14(17)20-7-12(18)19/h4-5,9,11H,3,6-7H2,1-2H3,(H,18,19). The molecule has 106 valence electrons. The molecule has 6 heteroatoms. The average Bonchev–Trinajstić information content (AvgIpc) is 3.10. The van der Waals surface area contributed by atoms with Crippen LogP contribution >= 0.6 is 11.8 Å². The number of thioether (sulfide) groups is 1. The van der Waals surface area contributed by atoms with Crippen molar-refractivity contribution in [2.75, 3.05) is 5.75 Å². The average molecular weight is 291 g/mol. The van der Waals surface area contributed by atoms with Gasteiger partial charge in [0.25, 0.3) is 0 Å². The highest BCUT2D eigenvalue weighted by molar-refractivity contribution is 7.99. The molecular formula is C14H17N3O2S. The Morgan fingerprint density at radius 3 is 2.95 bits per heavy atom. The van der Waals surface area contributed by atoms with Gasteiger partial charge in [0.1, 0.15) is 5.52 Å². The Balaban J connectivity index is 2.03. The van der Waals surface area contributed by atoms with E-state index in [1.807, 2.05) is 19.1 Å². The molecular weight excluding hydrogens is 274 g/mol. The number of pyridine rings is 1. The van der Waals surface area contributed by atoms with Gasteiger partial charge in [-0.3, -0.25) is 4.79 Å².